The highest BCUT2D eigenvalue weighted by Gasteiger charge is 2.09. The van der Waals surface area contributed by atoms with Crippen molar-refractivity contribution >= 4 is 0 Å². The molecule has 2 aromatic rings. The Kier molecular flexibility index (Phi) is 4.61. The van der Waals surface area contributed by atoms with Gasteiger partial charge in [0, 0.05) is 24.5 Å². The van der Waals surface area contributed by atoms with Crippen LogP contribution in [0.1, 0.15) is 37.7 Å². The molecule has 0 aliphatic rings. The average molecular weight is 271 g/mol. The van der Waals surface area contributed by atoms with Crippen LogP contribution in [0.15, 0.2) is 36.7 Å². The van der Waals surface area contributed by atoms with Crippen LogP contribution in [0.4, 0.5) is 0 Å². The topological polar surface area (TPSA) is 29.9 Å². The van der Waals surface area contributed by atoms with Crippen molar-refractivity contribution in [3.8, 4) is 0 Å². The number of aryl methyl sites for hydroxylation is 1. The summed E-state index contributed by atoms with van der Waals surface area (Å²) in [4.78, 5) is 4.29. The first-order chi connectivity index (χ1) is 9.46. The van der Waals surface area contributed by atoms with Gasteiger partial charge in [-0.2, -0.15) is 0 Å². The highest BCUT2D eigenvalue weighted by Crippen LogP contribution is 2.12. The van der Waals surface area contributed by atoms with Gasteiger partial charge >= 0.3 is 0 Å². The molecule has 1 aromatic carbocycles. The molecule has 0 aliphatic heterocycles. The zero-order valence-electron chi connectivity index (χ0n) is 13.0. The van der Waals surface area contributed by atoms with Crippen LogP contribution in [-0.4, -0.2) is 21.6 Å². The molecule has 1 N–H and O–H groups in total. The van der Waals surface area contributed by atoms with E-state index >= 15 is 0 Å². The molecule has 0 saturated carbocycles. The lowest BCUT2D eigenvalue weighted by atomic mass is 10.0. The minimum Gasteiger partial charge on any atom is -0.331 e. The summed E-state index contributed by atoms with van der Waals surface area (Å²) >= 11 is 0. The Morgan fingerprint density at radius 3 is 2.45 bits per heavy atom. The van der Waals surface area contributed by atoms with Crippen LogP contribution in [0.2, 0.25) is 0 Å². The van der Waals surface area contributed by atoms with E-state index in [0.717, 1.165) is 25.3 Å². The molecule has 0 fully saturated rings. The van der Waals surface area contributed by atoms with E-state index in [1.54, 1.807) is 0 Å². The van der Waals surface area contributed by atoms with Crippen LogP contribution in [0.3, 0.4) is 0 Å². The van der Waals surface area contributed by atoms with Crippen molar-refractivity contribution in [3.63, 3.8) is 0 Å². The van der Waals surface area contributed by atoms with Gasteiger partial charge in [0.05, 0.1) is 0 Å². The number of hydrogen-bond acceptors (Lipinski definition) is 2. The van der Waals surface area contributed by atoms with Crippen LogP contribution in [0.5, 0.6) is 0 Å². The summed E-state index contributed by atoms with van der Waals surface area (Å²) in [6, 6.07) is 8.68. The van der Waals surface area contributed by atoms with Gasteiger partial charge < -0.3 is 9.88 Å². The van der Waals surface area contributed by atoms with Crippen molar-refractivity contribution in [1.29, 1.82) is 0 Å². The molecule has 0 atom stereocenters. The second kappa shape index (κ2) is 6.23. The average Bonchev–Trinajstić information content (AvgIpc) is 2.76. The van der Waals surface area contributed by atoms with Crippen LogP contribution in [0, 0.1) is 6.92 Å². The molecule has 0 spiro atoms. The minimum absolute atomic E-state index is 0.176. The van der Waals surface area contributed by atoms with Crippen LogP contribution in [0.25, 0.3) is 0 Å². The highest BCUT2D eigenvalue weighted by atomic mass is 15.0. The molecule has 1 aromatic heterocycles. The summed E-state index contributed by atoms with van der Waals surface area (Å²) in [5.41, 5.74) is 2.97. The Bertz CT molecular complexity index is 549. The van der Waals surface area contributed by atoms with Gasteiger partial charge in [0.1, 0.15) is 5.82 Å². The fraction of sp³-hybridized carbons (Fsp3) is 0.471. The van der Waals surface area contributed by atoms with Crippen molar-refractivity contribution in [3.05, 3.63) is 53.6 Å². The molecule has 3 heteroatoms. The SMILES string of the molecule is Cc1nccn1Cc1ccccc1CCNC(C)(C)C. The zero-order chi connectivity index (χ0) is 14.6. The summed E-state index contributed by atoms with van der Waals surface area (Å²) in [6.07, 6.45) is 4.96. The predicted molar refractivity (Wildman–Crippen MR) is 84.0 cm³/mol. The van der Waals surface area contributed by atoms with Crippen molar-refractivity contribution in [1.82, 2.24) is 14.9 Å². The fourth-order valence-electron chi connectivity index (χ4n) is 2.28. The van der Waals surface area contributed by atoms with E-state index in [2.05, 4.69) is 59.9 Å². The van der Waals surface area contributed by atoms with Gasteiger partial charge in [0.15, 0.2) is 0 Å². The minimum atomic E-state index is 0.176. The highest BCUT2D eigenvalue weighted by molar-refractivity contribution is 5.28. The smallest absolute Gasteiger partial charge is 0.105 e. The number of hydrogen-bond donors (Lipinski definition) is 1. The van der Waals surface area contributed by atoms with E-state index in [4.69, 9.17) is 0 Å². The van der Waals surface area contributed by atoms with Gasteiger partial charge in [-0.3, -0.25) is 0 Å². The molecule has 1 heterocycles. The summed E-state index contributed by atoms with van der Waals surface area (Å²) in [5, 5.41) is 3.55. The monoisotopic (exact) mass is 271 g/mol. The molecule has 20 heavy (non-hydrogen) atoms. The Hall–Kier alpha value is -1.61. The zero-order valence-corrected chi connectivity index (χ0v) is 13.0. The number of nitrogens with one attached hydrogen (secondary N) is 1. The molecule has 3 nitrogen and oxygen atoms in total. The van der Waals surface area contributed by atoms with Crippen LogP contribution >= 0.6 is 0 Å². The molecule has 0 radical (unpaired) electrons. The largest absolute Gasteiger partial charge is 0.331 e. The van der Waals surface area contributed by atoms with E-state index in [1.807, 2.05) is 19.3 Å². The van der Waals surface area contributed by atoms with Crippen molar-refractivity contribution in [2.45, 2.75) is 46.2 Å². The lowest BCUT2D eigenvalue weighted by Gasteiger charge is -2.21. The van der Waals surface area contributed by atoms with Crippen molar-refractivity contribution in [2.24, 2.45) is 0 Å². The third kappa shape index (κ3) is 4.20. The first-order valence-corrected chi connectivity index (χ1v) is 7.25. The lowest BCUT2D eigenvalue weighted by molar-refractivity contribution is 0.429. The first-order valence-electron chi connectivity index (χ1n) is 7.25. The molecule has 0 aliphatic carbocycles. The normalized spacial score (nSPS) is 11.8. The predicted octanol–water partition coefficient (Wildman–Crippen LogP) is 3.17. The van der Waals surface area contributed by atoms with Gasteiger partial charge in [-0.05, 0) is 51.8 Å². The van der Waals surface area contributed by atoms with Gasteiger partial charge in [0.25, 0.3) is 0 Å². The maximum atomic E-state index is 4.29. The molecule has 0 unspecified atom stereocenters. The van der Waals surface area contributed by atoms with Gasteiger partial charge in [-0.25, -0.2) is 4.98 Å². The molecular weight excluding hydrogens is 246 g/mol. The summed E-state index contributed by atoms with van der Waals surface area (Å²) in [7, 11) is 0. The van der Waals surface area contributed by atoms with Gasteiger partial charge in [0.2, 0.25) is 0 Å². The fourth-order valence-corrected chi connectivity index (χ4v) is 2.28. The molecule has 2 rings (SSSR count). The third-order valence-corrected chi connectivity index (χ3v) is 3.43. The maximum Gasteiger partial charge on any atom is 0.105 e. The third-order valence-electron chi connectivity index (χ3n) is 3.43. The van der Waals surface area contributed by atoms with E-state index in [0.29, 0.717) is 0 Å². The van der Waals surface area contributed by atoms with Crippen LogP contribution in [-0.2, 0) is 13.0 Å². The lowest BCUT2D eigenvalue weighted by Crippen LogP contribution is -2.37. The second-order valence-electron chi connectivity index (χ2n) is 6.30. The summed E-state index contributed by atoms with van der Waals surface area (Å²) < 4.78 is 2.19. The van der Waals surface area contributed by atoms with Crippen molar-refractivity contribution in [2.75, 3.05) is 6.54 Å². The van der Waals surface area contributed by atoms with E-state index in [1.165, 1.54) is 11.1 Å². The van der Waals surface area contributed by atoms with Crippen LogP contribution < -0.4 is 5.32 Å². The quantitative estimate of drug-likeness (QED) is 0.905. The second-order valence-corrected chi connectivity index (χ2v) is 6.30. The van der Waals surface area contributed by atoms with E-state index in [9.17, 15) is 0 Å². The molecule has 0 bridgehead atoms. The Morgan fingerprint density at radius 2 is 1.85 bits per heavy atom. The van der Waals surface area contributed by atoms with E-state index in [-0.39, 0.29) is 5.54 Å². The number of benzene rings is 1. The molecule has 108 valence electrons. The van der Waals surface area contributed by atoms with E-state index < -0.39 is 0 Å². The number of rotatable bonds is 5. The van der Waals surface area contributed by atoms with Gasteiger partial charge in [-0.1, -0.05) is 24.3 Å². The molecule has 0 amide bonds. The maximum absolute atomic E-state index is 4.29. The standard InChI is InChI=1S/C17H25N3/c1-14-18-11-12-20(14)13-16-8-6-5-7-15(16)9-10-19-17(2,3)4/h5-8,11-12,19H,9-10,13H2,1-4H3. The summed E-state index contributed by atoms with van der Waals surface area (Å²) in [6.45, 7) is 10.6. The van der Waals surface area contributed by atoms with Gasteiger partial charge in [-0.15, -0.1) is 0 Å². The van der Waals surface area contributed by atoms with Crippen molar-refractivity contribution < 1.29 is 0 Å². The number of imidazole rings is 1. The molecular formula is C17H25N3. The Labute approximate surface area is 122 Å². The number of aromatic nitrogens is 2. The number of nitrogens with zero attached hydrogens (tertiary/aromatic N) is 2. The molecule has 0 saturated heterocycles. The first kappa shape index (κ1) is 14.8. The summed E-state index contributed by atoms with van der Waals surface area (Å²) in [5.74, 6) is 1.06. The Morgan fingerprint density at radius 1 is 1.15 bits per heavy atom. The Balaban J connectivity index is 2.05.